The number of hydrogen-bond donors (Lipinski definition) is 1. The first-order valence-electron chi connectivity index (χ1n) is 11.6. The number of nitrogens with one attached hydrogen (secondary N) is 1. The third kappa shape index (κ3) is 5.54. The average Bonchev–Trinajstić information content (AvgIpc) is 3.37. The van der Waals surface area contributed by atoms with E-state index in [2.05, 4.69) is 17.4 Å². The second-order valence-electron chi connectivity index (χ2n) is 8.24. The highest BCUT2D eigenvalue weighted by molar-refractivity contribution is 5.91. The Hall–Kier alpha value is -3.45. The number of ether oxygens (including phenoxy) is 4. The maximum Gasteiger partial charge on any atom is 0.287 e. The Morgan fingerprint density at radius 3 is 2.41 bits per heavy atom. The van der Waals surface area contributed by atoms with E-state index in [1.165, 1.54) is 5.56 Å². The molecule has 180 valence electrons. The number of carbonyl (C=O) groups is 1. The minimum absolute atomic E-state index is 0.193. The molecule has 2 aromatic carbocycles. The molecule has 1 aliphatic rings. The van der Waals surface area contributed by atoms with Crippen LogP contribution in [0.25, 0.3) is 0 Å². The smallest absolute Gasteiger partial charge is 0.287 e. The summed E-state index contributed by atoms with van der Waals surface area (Å²) in [4.78, 5) is 12.9. The molecule has 0 spiro atoms. The number of hydrogen-bond acceptors (Lipinski definition) is 6. The summed E-state index contributed by atoms with van der Waals surface area (Å²) in [6.45, 7) is 4.61. The molecule has 1 amide bonds. The molecule has 4 rings (SSSR count). The summed E-state index contributed by atoms with van der Waals surface area (Å²) in [6, 6.07) is 19.0. The highest BCUT2D eigenvalue weighted by atomic mass is 16.5. The van der Waals surface area contributed by atoms with Crippen LogP contribution in [0.4, 0.5) is 0 Å². The quantitative estimate of drug-likeness (QED) is 0.466. The van der Waals surface area contributed by atoms with Gasteiger partial charge in [-0.15, -0.1) is 0 Å². The Balaban J connectivity index is 1.39. The molecule has 34 heavy (non-hydrogen) atoms. The van der Waals surface area contributed by atoms with Gasteiger partial charge in [0, 0.05) is 25.2 Å². The van der Waals surface area contributed by atoms with Crippen molar-refractivity contribution in [1.29, 1.82) is 0 Å². The lowest BCUT2D eigenvalue weighted by Gasteiger charge is -2.38. The molecule has 0 atom stereocenters. The van der Waals surface area contributed by atoms with Crippen molar-refractivity contribution in [1.82, 2.24) is 5.32 Å². The highest BCUT2D eigenvalue weighted by Gasteiger charge is 2.35. The lowest BCUT2D eigenvalue weighted by atomic mass is 9.74. The largest absolute Gasteiger partial charge is 0.494 e. The van der Waals surface area contributed by atoms with Crippen molar-refractivity contribution in [3.63, 3.8) is 0 Å². The Kier molecular flexibility index (Phi) is 7.75. The fourth-order valence-electron chi connectivity index (χ4n) is 4.20. The summed E-state index contributed by atoms with van der Waals surface area (Å²) in [7, 11) is 1.59. The van der Waals surface area contributed by atoms with Crippen LogP contribution in [0.2, 0.25) is 0 Å². The Morgan fingerprint density at radius 1 is 0.971 bits per heavy atom. The monoisotopic (exact) mass is 465 g/mol. The van der Waals surface area contributed by atoms with E-state index >= 15 is 0 Å². The van der Waals surface area contributed by atoms with Crippen molar-refractivity contribution < 1.29 is 28.2 Å². The second kappa shape index (κ2) is 11.1. The molecule has 7 heteroatoms. The minimum Gasteiger partial charge on any atom is -0.494 e. The lowest BCUT2D eigenvalue weighted by Crippen LogP contribution is -2.44. The van der Waals surface area contributed by atoms with E-state index in [1.54, 1.807) is 19.2 Å². The highest BCUT2D eigenvalue weighted by Crippen LogP contribution is 2.35. The van der Waals surface area contributed by atoms with Crippen LogP contribution in [0.5, 0.6) is 17.2 Å². The summed E-state index contributed by atoms with van der Waals surface area (Å²) in [5.74, 6) is 2.67. The van der Waals surface area contributed by atoms with Gasteiger partial charge in [-0.25, -0.2) is 0 Å². The standard InChI is InChI=1S/C27H31NO6/c1-3-32-21-10-8-20(9-11-21)27(14-16-31-17-15-27)19-28-26(29)25-13-12-22(34-25)18-33-24-7-5-4-6-23(24)30-2/h4-13H,3,14-19H2,1-2H3,(H,28,29). The van der Waals surface area contributed by atoms with Crippen LogP contribution in [0, 0.1) is 0 Å². The number of methoxy groups -OCH3 is 1. The van der Waals surface area contributed by atoms with Crippen LogP contribution in [0.3, 0.4) is 0 Å². The first-order valence-corrected chi connectivity index (χ1v) is 11.6. The van der Waals surface area contributed by atoms with Crippen LogP contribution >= 0.6 is 0 Å². The van der Waals surface area contributed by atoms with Gasteiger partial charge >= 0.3 is 0 Å². The molecule has 2 heterocycles. The predicted octanol–water partition coefficient (Wildman–Crippen LogP) is 4.74. The van der Waals surface area contributed by atoms with E-state index in [4.69, 9.17) is 23.4 Å². The summed E-state index contributed by atoms with van der Waals surface area (Å²) < 4.78 is 28.0. The molecule has 1 saturated heterocycles. The first kappa shape index (κ1) is 23.7. The molecule has 0 radical (unpaired) electrons. The zero-order chi connectivity index (χ0) is 23.8. The van der Waals surface area contributed by atoms with E-state index in [0.29, 0.717) is 43.6 Å². The van der Waals surface area contributed by atoms with Crippen molar-refractivity contribution in [2.75, 3.05) is 33.5 Å². The van der Waals surface area contributed by atoms with Crippen molar-refractivity contribution in [2.24, 2.45) is 0 Å². The van der Waals surface area contributed by atoms with E-state index in [9.17, 15) is 4.79 Å². The number of furan rings is 1. The second-order valence-corrected chi connectivity index (χ2v) is 8.24. The number of amides is 1. The number of benzene rings is 2. The Morgan fingerprint density at radius 2 is 1.71 bits per heavy atom. The minimum atomic E-state index is -0.250. The van der Waals surface area contributed by atoms with Crippen molar-refractivity contribution >= 4 is 5.91 Å². The molecule has 0 aliphatic carbocycles. The molecule has 3 aromatic rings. The maximum absolute atomic E-state index is 12.9. The Labute approximate surface area is 200 Å². The van der Waals surface area contributed by atoms with Gasteiger partial charge in [0.1, 0.15) is 18.1 Å². The molecule has 7 nitrogen and oxygen atoms in total. The molecule has 0 saturated carbocycles. The van der Waals surface area contributed by atoms with Crippen LogP contribution in [-0.4, -0.2) is 39.4 Å². The zero-order valence-electron chi connectivity index (χ0n) is 19.7. The average molecular weight is 466 g/mol. The van der Waals surface area contributed by atoms with Crippen LogP contribution < -0.4 is 19.5 Å². The fraction of sp³-hybridized carbons (Fsp3) is 0.370. The van der Waals surface area contributed by atoms with Gasteiger partial charge in [0.05, 0.1) is 13.7 Å². The van der Waals surface area contributed by atoms with Gasteiger partial charge in [-0.05, 0) is 61.7 Å². The summed E-state index contributed by atoms with van der Waals surface area (Å²) in [6.07, 6.45) is 1.66. The number of para-hydroxylation sites is 2. The molecule has 1 aromatic heterocycles. The molecule has 1 aliphatic heterocycles. The van der Waals surface area contributed by atoms with Crippen LogP contribution in [-0.2, 0) is 16.8 Å². The number of rotatable bonds is 10. The van der Waals surface area contributed by atoms with Gasteiger partial charge in [0.25, 0.3) is 5.91 Å². The lowest BCUT2D eigenvalue weighted by molar-refractivity contribution is 0.0484. The molecule has 1 N–H and O–H groups in total. The predicted molar refractivity (Wildman–Crippen MR) is 128 cm³/mol. The summed E-state index contributed by atoms with van der Waals surface area (Å²) in [5.41, 5.74) is 0.978. The van der Waals surface area contributed by atoms with Crippen molar-refractivity contribution in [3.05, 3.63) is 77.7 Å². The third-order valence-electron chi connectivity index (χ3n) is 6.14. The number of carbonyl (C=O) groups excluding carboxylic acids is 1. The SMILES string of the molecule is CCOc1ccc(C2(CNC(=O)c3ccc(COc4ccccc4OC)o3)CCOCC2)cc1. The summed E-state index contributed by atoms with van der Waals surface area (Å²) in [5, 5.41) is 3.07. The van der Waals surface area contributed by atoms with E-state index in [1.807, 2.05) is 43.3 Å². The zero-order valence-corrected chi connectivity index (χ0v) is 19.7. The van der Waals surface area contributed by atoms with Gasteiger partial charge in [-0.3, -0.25) is 4.79 Å². The first-order chi connectivity index (χ1) is 16.6. The van der Waals surface area contributed by atoms with E-state index < -0.39 is 0 Å². The van der Waals surface area contributed by atoms with Crippen molar-refractivity contribution in [2.45, 2.75) is 31.8 Å². The maximum atomic E-state index is 12.9. The van der Waals surface area contributed by atoms with Gasteiger partial charge in [-0.1, -0.05) is 24.3 Å². The van der Waals surface area contributed by atoms with Crippen molar-refractivity contribution in [3.8, 4) is 17.2 Å². The van der Waals surface area contributed by atoms with E-state index in [-0.39, 0.29) is 23.7 Å². The third-order valence-corrected chi connectivity index (χ3v) is 6.14. The molecular weight excluding hydrogens is 434 g/mol. The van der Waals surface area contributed by atoms with Gasteiger partial charge in [-0.2, -0.15) is 0 Å². The van der Waals surface area contributed by atoms with E-state index in [0.717, 1.165) is 18.6 Å². The molecule has 0 unspecified atom stereocenters. The van der Waals surface area contributed by atoms with Gasteiger partial charge < -0.3 is 28.7 Å². The Bertz CT molecular complexity index is 1070. The molecule has 0 bridgehead atoms. The van der Waals surface area contributed by atoms with Gasteiger partial charge in [0.2, 0.25) is 0 Å². The van der Waals surface area contributed by atoms with Crippen LogP contribution in [0.1, 0.15) is 41.6 Å². The topological polar surface area (TPSA) is 79.2 Å². The molecular formula is C27H31NO6. The fourth-order valence-corrected chi connectivity index (χ4v) is 4.20. The van der Waals surface area contributed by atoms with Gasteiger partial charge in [0.15, 0.2) is 17.3 Å². The normalized spacial score (nSPS) is 14.9. The summed E-state index contributed by atoms with van der Waals surface area (Å²) >= 11 is 0. The van der Waals surface area contributed by atoms with Crippen LogP contribution in [0.15, 0.2) is 65.1 Å². The molecule has 1 fully saturated rings.